The Morgan fingerprint density at radius 2 is 1.73 bits per heavy atom. The number of nitrogens with one attached hydrogen (secondary N) is 2. The second kappa shape index (κ2) is 7.63. The van der Waals surface area contributed by atoms with Crippen molar-refractivity contribution < 1.29 is 13.6 Å². The molecule has 3 aromatic rings. The molecular weight excluding hydrogens is 385 g/mol. The van der Waals surface area contributed by atoms with Crippen molar-refractivity contribution in [1.29, 1.82) is 0 Å². The largest absolute Gasteiger partial charge is 0.323 e. The van der Waals surface area contributed by atoms with Gasteiger partial charge in [0.05, 0.1) is 21.3 Å². The van der Waals surface area contributed by atoms with Gasteiger partial charge in [-0.3, -0.25) is 4.79 Å². The fraction of sp³-hybridized carbons (Fsp3) is 0. The van der Waals surface area contributed by atoms with Crippen LogP contribution in [-0.2, 0) is 0 Å². The molecule has 0 saturated carbocycles. The lowest BCUT2D eigenvalue weighted by molar-refractivity contribution is 0.102. The number of carbonyl (C=O) groups excluding carboxylic acids is 1. The number of rotatable bonds is 4. The summed E-state index contributed by atoms with van der Waals surface area (Å²) in [6.45, 7) is 0. The molecule has 5 nitrogen and oxygen atoms in total. The van der Waals surface area contributed by atoms with Gasteiger partial charge in [-0.25, -0.2) is 18.7 Å². The lowest BCUT2D eigenvalue weighted by atomic mass is 10.2. The molecule has 26 heavy (non-hydrogen) atoms. The number of benzene rings is 2. The molecule has 1 amide bonds. The fourth-order valence-corrected chi connectivity index (χ4v) is 2.36. The number of aromatic nitrogens is 2. The Morgan fingerprint density at radius 3 is 2.42 bits per heavy atom. The Hall–Kier alpha value is -2.77. The van der Waals surface area contributed by atoms with Crippen molar-refractivity contribution in [1.82, 2.24) is 9.97 Å². The van der Waals surface area contributed by atoms with E-state index in [1.165, 1.54) is 18.5 Å². The summed E-state index contributed by atoms with van der Waals surface area (Å²) in [5, 5.41) is 6.00. The Kier molecular flexibility index (Phi) is 5.29. The molecule has 0 saturated heterocycles. The number of nitrogens with zero attached hydrogens (tertiary/aromatic N) is 2. The molecule has 0 bridgehead atoms. The molecule has 0 spiro atoms. The van der Waals surface area contributed by atoms with Gasteiger partial charge in [0.1, 0.15) is 0 Å². The van der Waals surface area contributed by atoms with Crippen LogP contribution in [0.3, 0.4) is 0 Å². The van der Waals surface area contributed by atoms with Crippen LogP contribution >= 0.6 is 23.2 Å². The Bertz CT molecular complexity index is 967. The lowest BCUT2D eigenvalue weighted by Gasteiger charge is -2.08. The molecule has 1 aromatic heterocycles. The minimum atomic E-state index is -1.06. The van der Waals surface area contributed by atoms with E-state index >= 15 is 0 Å². The fourth-order valence-electron chi connectivity index (χ4n) is 2.01. The summed E-state index contributed by atoms with van der Waals surface area (Å²) < 4.78 is 26.1. The number of halogens is 4. The number of anilines is 3. The van der Waals surface area contributed by atoms with Gasteiger partial charge in [0.15, 0.2) is 11.6 Å². The predicted octanol–water partition coefficient (Wildman–Crippen LogP) is 5.06. The van der Waals surface area contributed by atoms with Crippen molar-refractivity contribution in [3.05, 3.63) is 76.0 Å². The number of amides is 1. The summed E-state index contributed by atoms with van der Waals surface area (Å²) >= 11 is 12.0. The Labute approximate surface area is 157 Å². The highest BCUT2D eigenvalue weighted by molar-refractivity contribution is 6.43. The minimum Gasteiger partial charge on any atom is -0.323 e. The predicted molar refractivity (Wildman–Crippen MR) is 96.1 cm³/mol. The zero-order chi connectivity index (χ0) is 18.7. The van der Waals surface area contributed by atoms with Crippen molar-refractivity contribution in [2.24, 2.45) is 0 Å². The quantitative estimate of drug-likeness (QED) is 0.648. The third-order valence-corrected chi connectivity index (χ3v) is 4.11. The lowest BCUT2D eigenvalue weighted by Crippen LogP contribution is -2.13. The van der Waals surface area contributed by atoms with Crippen LogP contribution in [0.25, 0.3) is 0 Å². The first kappa shape index (κ1) is 18.0. The SMILES string of the molecule is O=C(Nc1ccc(F)c(F)c1)c1cnc(Nc2cccc(Cl)c2Cl)nc1. The van der Waals surface area contributed by atoms with Gasteiger partial charge < -0.3 is 10.6 Å². The summed E-state index contributed by atoms with van der Waals surface area (Å²) in [5.74, 6) is -2.42. The summed E-state index contributed by atoms with van der Waals surface area (Å²) in [5.41, 5.74) is 0.762. The van der Waals surface area contributed by atoms with Crippen LogP contribution in [0.1, 0.15) is 10.4 Å². The van der Waals surface area contributed by atoms with Gasteiger partial charge in [0, 0.05) is 24.1 Å². The van der Waals surface area contributed by atoms with Gasteiger partial charge >= 0.3 is 0 Å². The molecule has 2 aromatic carbocycles. The van der Waals surface area contributed by atoms with E-state index in [-0.39, 0.29) is 17.2 Å². The van der Waals surface area contributed by atoms with E-state index in [0.717, 1.165) is 12.1 Å². The van der Waals surface area contributed by atoms with Crippen molar-refractivity contribution in [2.75, 3.05) is 10.6 Å². The van der Waals surface area contributed by atoms with Crippen LogP contribution in [-0.4, -0.2) is 15.9 Å². The van der Waals surface area contributed by atoms with E-state index in [9.17, 15) is 13.6 Å². The number of hydrogen-bond acceptors (Lipinski definition) is 4. The van der Waals surface area contributed by atoms with Crippen molar-refractivity contribution in [2.45, 2.75) is 0 Å². The normalized spacial score (nSPS) is 10.5. The zero-order valence-electron chi connectivity index (χ0n) is 12.9. The van der Waals surface area contributed by atoms with E-state index in [0.29, 0.717) is 15.7 Å². The first-order chi connectivity index (χ1) is 12.4. The van der Waals surface area contributed by atoms with E-state index in [2.05, 4.69) is 20.6 Å². The molecule has 0 aliphatic rings. The van der Waals surface area contributed by atoms with E-state index in [1.807, 2.05) is 0 Å². The zero-order valence-corrected chi connectivity index (χ0v) is 14.4. The third-order valence-electron chi connectivity index (χ3n) is 3.29. The van der Waals surface area contributed by atoms with E-state index in [4.69, 9.17) is 23.2 Å². The molecular formula is C17H10Cl2F2N4O. The number of hydrogen-bond donors (Lipinski definition) is 2. The van der Waals surface area contributed by atoms with Gasteiger partial charge in [-0.2, -0.15) is 0 Å². The van der Waals surface area contributed by atoms with Crippen LogP contribution in [0.4, 0.5) is 26.1 Å². The smallest absolute Gasteiger partial charge is 0.258 e. The van der Waals surface area contributed by atoms with Crippen molar-refractivity contribution in [3.8, 4) is 0 Å². The Morgan fingerprint density at radius 1 is 1.00 bits per heavy atom. The summed E-state index contributed by atoms with van der Waals surface area (Å²) in [4.78, 5) is 20.2. The molecule has 0 atom stereocenters. The van der Waals surface area contributed by atoms with Crippen molar-refractivity contribution >= 4 is 46.4 Å². The minimum absolute atomic E-state index is 0.113. The van der Waals surface area contributed by atoms with Crippen LogP contribution in [0.15, 0.2) is 48.8 Å². The average molecular weight is 395 g/mol. The van der Waals surface area contributed by atoms with Gasteiger partial charge in [-0.1, -0.05) is 29.3 Å². The van der Waals surface area contributed by atoms with Crippen LogP contribution < -0.4 is 10.6 Å². The highest BCUT2D eigenvalue weighted by Crippen LogP contribution is 2.30. The van der Waals surface area contributed by atoms with Gasteiger partial charge in [-0.05, 0) is 24.3 Å². The highest BCUT2D eigenvalue weighted by atomic mass is 35.5. The summed E-state index contributed by atoms with van der Waals surface area (Å²) in [7, 11) is 0. The van der Waals surface area contributed by atoms with Gasteiger partial charge in [0.25, 0.3) is 5.91 Å². The monoisotopic (exact) mass is 394 g/mol. The van der Waals surface area contributed by atoms with Crippen molar-refractivity contribution in [3.63, 3.8) is 0 Å². The molecule has 9 heteroatoms. The van der Waals surface area contributed by atoms with Crippen LogP contribution in [0.5, 0.6) is 0 Å². The molecule has 0 aliphatic heterocycles. The molecule has 1 heterocycles. The van der Waals surface area contributed by atoms with Gasteiger partial charge in [0.2, 0.25) is 5.95 Å². The average Bonchev–Trinajstić information content (AvgIpc) is 2.63. The molecule has 0 radical (unpaired) electrons. The second-order valence-corrected chi connectivity index (χ2v) is 5.89. The first-order valence-corrected chi connectivity index (χ1v) is 7.99. The topological polar surface area (TPSA) is 66.9 Å². The maximum Gasteiger partial charge on any atom is 0.258 e. The molecule has 3 rings (SSSR count). The second-order valence-electron chi connectivity index (χ2n) is 5.10. The summed E-state index contributed by atoms with van der Waals surface area (Å²) in [6, 6.07) is 8.09. The van der Waals surface area contributed by atoms with Gasteiger partial charge in [-0.15, -0.1) is 0 Å². The molecule has 0 fully saturated rings. The van der Waals surface area contributed by atoms with E-state index < -0.39 is 17.5 Å². The van der Waals surface area contributed by atoms with E-state index in [1.54, 1.807) is 18.2 Å². The summed E-state index contributed by atoms with van der Waals surface area (Å²) in [6.07, 6.45) is 2.56. The Balaban J connectivity index is 1.71. The number of carbonyl (C=O) groups is 1. The first-order valence-electron chi connectivity index (χ1n) is 7.23. The maximum atomic E-state index is 13.2. The molecule has 0 aliphatic carbocycles. The van der Waals surface area contributed by atoms with Crippen LogP contribution in [0, 0.1) is 11.6 Å². The van der Waals surface area contributed by atoms with Crippen LogP contribution in [0.2, 0.25) is 10.0 Å². The molecule has 2 N–H and O–H groups in total. The molecule has 0 unspecified atom stereocenters. The maximum absolute atomic E-state index is 13.2. The highest BCUT2D eigenvalue weighted by Gasteiger charge is 2.11. The standard InChI is InChI=1S/C17H10Cl2F2N4O/c18-11-2-1-3-14(15(11)19)25-17-22-7-9(8-23-17)16(26)24-10-4-5-12(20)13(21)6-10/h1-8H,(H,24,26)(H,22,23,25). The third kappa shape index (κ3) is 4.07. The molecule has 132 valence electrons.